The average Bonchev–Trinajstić information content (AvgIpc) is 2.66. The molecular formula is C8H11N2O2W. The number of rotatable bonds is 5. The van der Waals surface area contributed by atoms with E-state index < -0.39 is 21.9 Å². The molecule has 0 aromatic carbocycles. The molecule has 0 unspecified atom stereocenters. The van der Waals surface area contributed by atoms with Gasteiger partial charge in [0.05, 0.1) is 0 Å². The minimum absolute atomic E-state index is 0.767. The molecule has 0 aliphatic heterocycles. The summed E-state index contributed by atoms with van der Waals surface area (Å²) in [5.41, 5.74) is 0. The Morgan fingerprint density at radius 3 is 2.62 bits per heavy atom. The van der Waals surface area contributed by atoms with Gasteiger partial charge in [-0.2, -0.15) is 0 Å². The Morgan fingerprint density at radius 1 is 1.54 bits per heavy atom. The van der Waals surface area contributed by atoms with Gasteiger partial charge in [0.2, 0.25) is 0 Å². The van der Waals surface area contributed by atoms with Gasteiger partial charge in [-0.15, -0.1) is 0 Å². The van der Waals surface area contributed by atoms with Gasteiger partial charge in [-0.3, -0.25) is 0 Å². The number of hydrogen-bond donors (Lipinski definition) is 0. The molecule has 0 amide bonds. The van der Waals surface area contributed by atoms with Gasteiger partial charge < -0.3 is 0 Å². The second-order valence-corrected chi connectivity index (χ2v) is 11.1. The Kier molecular flexibility index (Phi) is 4.16. The standard InChI is InChI=1S/C5H5.C2H5.CHN2O2.W/c1-2-4-5-3-1;1-2;4-2-1-3-5;/h1-3H,4H2;1H2,2H3;1H;. The molecule has 0 atom stereocenters. The summed E-state index contributed by atoms with van der Waals surface area (Å²) in [6, 6.07) is 0. The number of nitrogens with zero attached hydrogens (tertiary/aromatic N) is 2. The van der Waals surface area contributed by atoms with Crippen LogP contribution in [0.15, 0.2) is 32.5 Å². The third kappa shape index (κ3) is 2.40. The zero-order valence-corrected chi connectivity index (χ0v) is 10.3. The number of hydrogen-bond acceptors (Lipinski definition) is 4. The van der Waals surface area contributed by atoms with E-state index in [9.17, 15) is 9.81 Å². The fourth-order valence-corrected chi connectivity index (χ4v) is 7.36. The van der Waals surface area contributed by atoms with Gasteiger partial charge in [-0.1, -0.05) is 0 Å². The van der Waals surface area contributed by atoms with Crippen molar-refractivity contribution in [2.75, 3.05) is 0 Å². The van der Waals surface area contributed by atoms with E-state index >= 15 is 0 Å². The zero-order chi connectivity index (χ0) is 9.68. The first kappa shape index (κ1) is 10.4. The van der Waals surface area contributed by atoms with E-state index in [1.54, 1.807) is 0 Å². The van der Waals surface area contributed by atoms with Crippen molar-refractivity contribution in [3.8, 4) is 0 Å². The van der Waals surface area contributed by atoms with E-state index in [-0.39, 0.29) is 0 Å². The first-order valence-electron chi connectivity index (χ1n) is 4.03. The summed E-state index contributed by atoms with van der Waals surface area (Å²) in [4.78, 5) is 21.6. The molecule has 0 aromatic heterocycles. The monoisotopic (exact) mass is 351 g/mol. The molecule has 4 nitrogen and oxygen atoms in total. The minimum atomic E-state index is -2.11. The molecule has 13 heavy (non-hydrogen) atoms. The molecule has 0 radical (unpaired) electrons. The Bertz CT molecular complexity index is 255. The van der Waals surface area contributed by atoms with Gasteiger partial charge in [0.1, 0.15) is 0 Å². The second kappa shape index (κ2) is 5.17. The van der Waals surface area contributed by atoms with Crippen LogP contribution in [0.4, 0.5) is 0 Å². The Balaban J connectivity index is 2.71. The Labute approximate surface area is 82.6 Å². The summed E-state index contributed by atoms with van der Waals surface area (Å²) in [5.74, 6) is 0. The van der Waals surface area contributed by atoms with Crippen molar-refractivity contribution >= 4 is 0 Å². The SMILES string of the molecule is C[CH2][W]([C]1=CC=CC1)[CH](N=O)N=O. The van der Waals surface area contributed by atoms with E-state index in [0.717, 1.165) is 11.2 Å². The van der Waals surface area contributed by atoms with E-state index in [1.165, 1.54) is 3.96 Å². The molecular weight excluding hydrogens is 340 g/mol. The zero-order valence-electron chi connectivity index (χ0n) is 7.34. The topological polar surface area (TPSA) is 58.9 Å². The Morgan fingerprint density at radius 2 is 2.23 bits per heavy atom. The molecule has 1 aliphatic rings. The van der Waals surface area contributed by atoms with Crippen molar-refractivity contribution in [3.05, 3.63) is 32.0 Å². The van der Waals surface area contributed by atoms with Gasteiger partial charge in [-0.25, -0.2) is 0 Å². The van der Waals surface area contributed by atoms with Gasteiger partial charge in [-0.05, 0) is 0 Å². The maximum atomic E-state index is 10.4. The third-order valence-electron chi connectivity index (χ3n) is 1.82. The molecule has 1 rings (SSSR count). The molecule has 0 saturated heterocycles. The van der Waals surface area contributed by atoms with Crippen LogP contribution in [-0.4, -0.2) is 4.56 Å². The second-order valence-electron chi connectivity index (χ2n) is 2.52. The maximum absolute atomic E-state index is 10.4. The van der Waals surface area contributed by atoms with E-state index in [4.69, 9.17) is 0 Å². The predicted molar refractivity (Wildman–Crippen MR) is 47.7 cm³/mol. The fraction of sp³-hybridized carbons (Fsp3) is 0.500. The van der Waals surface area contributed by atoms with Crippen LogP contribution in [0.3, 0.4) is 0 Å². The van der Waals surface area contributed by atoms with Crippen molar-refractivity contribution in [1.29, 1.82) is 0 Å². The van der Waals surface area contributed by atoms with E-state index in [2.05, 4.69) is 10.4 Å². The number of allylic oxidation sites excluding steroid dienone is 4. The third-order valence-corrected chi connectivity index (χ3v) is 10.0. The normalized spacial score (nSPS) is 15.2. The average molecular weight is 351 g/mol. The van der Waals surface area contributed by atoms with E-state index in [0.29, 0.717) is 0 Å². The number of nitroso groups, excluding NO2 is 2. The van der Waals surface area contributed by atoms with Crippen molar-refractivity contribution in [3.63, 3.8) is 0 Å². The summed E-state index contributed by atoms with van der Waals surface area (Å²) in [5, 5.41) is 5.62. The Hall–Kier alpha value is -0.632. The fourth-order valence-electron chi connectivity index (χ4n) is 1.22. The summed E-state index contributed by atoms with van der Waals surface area (Å²) in [6.07, 6.45) is 6.92. The molecule has 0 N–H and O–H groups in total. The van der Waals surface area contributed by atoms with Crippen molar-refractivity contribution in [1.82, 2.24) is 0 Å². The van der Waals surface area contributed by atoms with Crippen molar-refractivity contribution < 1.29 is 17.3 Å². The van der Waals surface area contributed by atoms with Crippen LogP contribution >= 0.6 is 0 Å². The molecule has 0 heterocycles. The molecule has 0 bridgehead atoms. The van der Waals surface area contributed by atoms with Gasteiger partial charge >= 0.3 is 82.4 Å². The van der Waals surface area contributed by atoms with Gasteiger partial charge in [0.15, 0.2) is 0 Å². The van der Waals surface area contributed by atoms with Crippen molar-refractivity contribution in [2.45, 2.75) is 22.7 Å². The first-order chi connectivity index (χ1) is 6.33. The summed E-state index contributed by atoms with van der Waals surface area (Å²) in [7, 11) is 0. The van der Waals surface area contributed by atoms with Crippen LogP contribution < -0.4 is 0 Å². The molecule has 71 valence electrons. The van der Waals surface area contributed by atoms with E-state index in [1.807, 2.05) is 25.2 Å². The van der Waals surface area contributed by atoms with Crippen LogP contribution in [0.1, 0.15) is 13.3 Å². The summed E-state index contributed by atoms with van der Waals surface area (Å²) < 4.78 is 0.503. The molecule has 0 saturated carbocycles. The quantitative estimate of drug-likeness (QED) is 0.716. The molecule has 1 aliphatic carbocycles. The van der Waals surface area contributed by atoms with Crippen LogP contribution in [0.5, 0.6) is 0 Å². The van der Waals surface area contributed by atoms with Gasteiger partial charge in [0.25, 0.3) is 0 Å². The van der Waals surface area contributed by atoms with Crippen molar-refractivity contribution in [2.24, 2.45) is 10.4 Å². The summed E-state index contributed by atoms with van der Waals surface area (Å²) >= 11 is -2.11. The first-order valence-corrected chi connectivity index (χ1v) is 9.27. The van der Waals surface area contributed by atoms with Crippen LogP contribution in [0.25, 0.3) is 0 Å². The van der Waals surface area contributed by atoms with Crippen LogP contribution in [0, 0.1) is 9.81 Å². The predicted octanol–water partition coefficient (Wildman–Crippen LogP) is 2.70. The summed E-state index contributed by atoms with van der Waals surface area (Å²) in [6.45, 7) is 2.01. The van der Waals surface area contributed by atoms with Crippen LogP contribution in [-0.2, 0) is 17.3 Å². The molecule has 0 aromatic rings. The van der Waals surface area contributed by atoms with Crippen LogP contribution in [0.2, 0.25) is 4.81 Å². The molecule has 0 spiro atoms. The van der Waals surface area contributed by atoms with Gasteiger partial charge in [0, 0.05) is 0 Å². The molecule has 5 heteroatoms. The molecule has 0 fully saturated rings.